The van der Waals surface area contributed by atoms with Gasteiger partial charge in [-0.15, -0.1) is 0 Å². The van der Waals surface area contributed by atoms with Gasteiger partial charge in [0.05, 0.1) is 5.36 Å². The van der Waals surface area contributed by atoms with Gasteiger partial charge in [-0.1, -0.05) is 6.07 Å². The molecule has 5 aliphatic heterocycles. The number of aryl methyl sites for hydroxylation is 5. The monoisotopic (exact) mass is 704 g/mol. The fourth-order valence-corrected chi connectivity index (χ4v) is 8.33. The van der Waals surface area contributed by atoms with E-state index in [2.05, 4.69) is 57.0 Å². The first-order chi connectivity index (χ1) is 25.3. The van der Waals surface area contributed by atoms with E-state index in [0.717, 1.165) is 77.1 Å². The van der Waals surface area contributed by atoms with Crippen LogP contribution in [0, 0.1) is 13.8 Å². The van der Waals surface area contributed by atoms with Crippen LogP contribution in [0.3, 0.4) is 0 Å². The van der Waals surface area contributed by atoms with Crippen molar-refractivity contribution < 1.29 is 19.5 Å². The summed E-state index contributed by atoms with van der Waals surface area (Å²) in [4.78, 5) is 19.0. The zero-order valence-electron chi connectivity index (χ0n) is 31.0. The molecule has 6 aliphatic rings. The molecule has 0 aromatic heterocycles. The van der Waals surface area contributed by atoms with E-state index < -0.39 is 0 Å². The van der Waals surface area contributed by atoms with Crippen molar-refractivity contribution in [1.29, 1.82) is 0 Å². The quantitative estimate of drug-likeness (QED) is 0.112. The van der Waals surface area contributed by atoms with E-state index in [9.17, 15) is 10.2 Å². The highest BCUT2D eigenvalue weighted by molar-refractivity contribution is 5.87. The van der Waals surface area contributed by atoms with Crippen LogP contribution in [0.4, 0.5) is 17.1 Å². The second kappa shape index (κ2) is 15.3. The van der Waals surface area contributed by atoms with Gasteiger partial charge in [-0.25, -0.2) is 4.98 Å². The van der Waals surface area contributed by atoms with Crippen molar-refractivity contribution in [2.24, 2.45) is 10.9 Å². The van der Waals surface area contributed by atoms with Gasteiger partial charge in [-0.3, -0.25) is 4.99 Å². The average Bonchev–Trinajstić information content (AvgIpc) is 3.15. The van der Waals surface area contributed by atoms with Gasteiger partial charge in [0.1, 0.15) is 17.0 Å². The third-order valence-electron chi connectivity index (χ3n) is 10.7. The van der Waals surface area contributed by atoms with Crippen molar-refractivity contribution in [2.75, 3.05) is 54.4 Å². The van der Waals surface area contributed by atoms with Gasteiger partial charge >= 0.3 is 0 Å². The van der Waals surface area contributed by atoms with Gasteiger partial charge in [0.25, 0.3) is 0 Å². The van der Waals surface area contributed by atoms with E-state index in [0.29, 0.717) is 11.5 Å². The molecule has 0 saturated carbocycles. The SMILES string of the molecule is CCN=c1cc2oc3c4c5c(cc3nc-2cc1C)CCCN5CCC4.CCNc1cc(O)c(ON)cc1C.Oc1ccc2c3c1CCCN3CCC2. The lowest BCUT2D eigenvalue weighted by Gasteiger charge is -2.37. The van der Waals surface area contributed by atoms with Gasteiger partial charge < -0.3 is 34.6 Å². The second-order valence-electron chi connectivity index (χ2n) is 14.2. The van der Waals surface area contributed by atoms with Gasteiger partial charge in [-0.2, -0.15) is 5.90 Å². The van der Waals surface area contributed by atoms with Gasteiger partial charge in [0, 0.05) is 79.6 Å². The number of nitrogens with two attached hydrogens (primary N) is 1. The minimum absolute atomic E-state index is 0.0454. The maximum absolute atomic E-state index is 9.79. The molecule has 3 aromatic rings. The maximum Gasteiger partial charge on any atom is 0.188 e. The molecule has 0 amide bonds. The Morgan fingerprint density at radius 3 is 2.17 bits per heavy atom. The van der Waals surface area contributed by atoms with E-state index >= 15 is 0 Å². The van der Waals surface area contributed by atoms with Crippen LogP contribution in [0.15, 0.2) is 51.9 Å². The molecule has 3 aromatic carbocycles. The first-order valence-corrected chi connectivity index (χ1v) is 19.0. The number of nitrogens with zero attached hydrogens (tertiary/aromatic N) is 4. The van der Waals surface area contributed by atoms with Gasteiger partial charge in [0.15, 0.2) is 22.8 Å². The van der Waals surface area contributed by atoms with Crippen molar-refractivity contribution in [2.45, 2.75) is 79.1 Å². The molecule has 0 atom stereocenters. The minimum Gasteiger partial charge on any atom is -0.508 e. The summed E-state index contributed by atoms with van der Waals surface area (Å²) in [5, 5.41) is 23.3. The number of benzene rings is 4. The minimum atomic E-state index is 0.0454. The molecule has 1 aliphatic carbocycles. The Morgan fingerprint density at radius 2 is 1.48 bits per heavy atom. The molecular weight excluding hydrogens is 652 g/mol. The molecule has 5 heterocycles. The van der Waals surface area contributed by atoms with Crippen LogP contribution in [-0.4, -0.2) is 54.5 Å². The van der Waals surface area contributed by atoms with Crippen LogP contribution in [-0.2, 0) is 25.7 Å². The molecule has 0 bridgehead atoms. The number of hydrogen-bond donors (Lipinski definition) is 4. The number of aromatic nitrogens is 1. The largest absolute Gasteiger partial charge is 0.508 e. The number of phenolic OH excluding ortho intramolecular Hbond substituents is 2. The molecule has 52 heavy (non-hydrogen) atoms. The summed E-state index contributed by atoms with van der Waals surface area (Å²) in [5.74, 6) is 6.64. The summed E-state index contributed by atoms with van der Waals surface area (Å²) < 4.78 is 6.41. The Kier molecular flexibility index (Phi) is 10.5. The van der Waals surface area contributed by atoms with Crippen molar-refractivity contribution in [3.05, 3.63) is 81.2 Å². The summed E-state index contributed by atoms with van der Waals surface area (Å²) in [6, 6.07) is 13.6. The van der Waals surface area contributed by atoms with Crippen LogP contribution in [0.25, 0.3) is 22.6 Å². The molecule has 10 heteroatoms. The fraction of sp³-hybridized carbons (Fsp3) is 0.429. The van der Waals surface area contributed by atoms with E-state index in [1.165, 1.54) is 91.9 Å². The smallest absolute Gasteiger partial charge is 0.188 e. The lowest BCUT2D eigenvalue weighted by atomic mass is 9.91. The summed E-state index contributed by atoms with van der Waals surface area (Å²) in [6.45, 7) is 14.3. The highest BCUT2D eigenvalue weighted by Crippen LogP contribution is 2.42. The molecule has 0 unspecified atom stereocenters. The van der Waals surface area contributed by atoms with Crippen molar-refractivity contribution in [1.82, 2.24) is 4.98 Å². The Morgan fingerprint density at radius 1 is 0.808 bits per heavy atom. The van der Waals surface area contributed by atoms with Crippen LogP contribution in [0.5, 0.6) is 17.2 Å². The summed E-state index contributed by atoms with van der Waals surface area (Å²) in [5.41, 5.74) is 14.2. The fourth-order valence-electron chi connectivity index (χ4n) is 8.33. The molecule has 0 saturated heterocycles. The number of anilines is 3. The summed E-state index contributed by atoms with van der Waals surface area (Å²) >= 11 is 0. The number of fused-ring (bicyclic) bond motifs is 3. The molecule has 9 rings (SSSR count). The highest BCUT2D eigenvalue weighted by atomic mass is 16.6. The number of aromatic hydroxyl groups is 2. The van der Waals surface area contributed by atoms with Crippen LogP contribution >= 0.6 is 0 Å². The topological polar surface area (TPSA) is 133 Å². The first-order valence-electron chi connectivity index (χ1n) is 19.0. The lowest BCUT2D eigenvalue weighted by molar-refractivity contribution is 0.312. The van der Waals surface area contributed by atoms with Crippen molar-refractivity contribution in [3.8, 4) is 28.7 Å². The summed E-state index contributed by atoms with van der Waals surface area (Å²) in [7, 11) is 0. The van der Waals surface area contributed by atoms with Crippen molar-refractivity contribution in [3.63, 3.8) is 0 Å². The number of rotatable bonds is 4. The zero-order chi connectivity index (χ0) is 36.4. The first kappa shape index (κ1) is 35.4. The standard InChI is InChI=1S/C21H23N3O.C12H15NO.C9H14N2O2/c1-3-22-16-12-19-17(10-13(16)2)23-18-11-14-6-4-8-24-9-5-7-15(20(14)24)21(18)25-19;14-11-6-5-9-3-1-7-13-8-2-4-10(11)12(9)13;1-3-11-7-5-8(12)9(13-10)4-6(7)2/h10-12H,3-9H2,1-2H3;5-6,14H,1-4,7-8H2;4-5,11-12H,3,10H2,1-2H3. The molecule has 0 radical (unpaired) electrons. The molecule has 274 valence electrons. The van der Waals surface area contributed by atoms with Gasteiger partial charge in [0.2, 0.25) is 0 Å². The predicted molar refractivity (Wildman–Crippen MR) is 209 cm³/mol. The van der Waals surface area contributed by atoms with Crippen LogP contribution in [0.2, 0.25) is 0 Å². The Labute approximate surface area is 306 Å². The molecule has 0 spiro atoms. The predicted octanol–water partition coefficient (Wildman–Crippen LogP) is 7.34. The number of nitrogens with one attached hydrogen (secondary N) is 1. The Balaban J connectivity index is 0.000000133. The molecule has 0 fully saturated rings. The molecule has 10 nitrogen and oxygen atoms in total. The van der Waals surface area contributed by atoms with Gasteiger partial charge in [-0.05, 0) is 126 Å². The van der Waals surface area contributed by atoms with E-state index in [4.69, 9.17) is 15.3 Å². The van der Waals surface area contributed by atoms with Crippen molar-refractivity contribution >= 4 is 28.2 Å². The third-order valence-corrected chi connectivity index (χ3v) is 10.7. The second-order valence-corrected chi connectivity index (χ2v) is 14.2. The lowest BCUT2D eigenvalue weighted by Crippen LogP contribution is -2.34. The Hall–Kier alpha value is -4.96. The highest BCUT2D eigenvalue weighted by Gasteiger charge is 2.28. The van der Waals surface area contributed by atoms with Crippen LogP contribution in [0.1, 0.15) is 72.9 Å². The summed E-state index contributed by atoms with van der Waals surface area (Å²) in [6.07, 6.45) is 9.35. The average molecular weight is 705 g/mol. The molecular formula is C42H52N6O4. The van der Waals surface area contributed by atoms with Crippen LogP contribution < -0.4 is 31.2 Å². The zero-order valence-corrected chi connectivity index (χ0v) is 31.0. The molecule has 5 N–H and O–H groups in total. The number of phenols is 2. The normalized spacial score (nSPS) is 16.0. The van der Waals surface area contributed by atoms with E-state index in [1.807, 2.05) is 26.0 Å². The van der Waals surface area contributed by atoms with E-state index in [-0.39, 0.29) is 5.75 Å². The van der Waals surface area contributed by atoms with E-state index in [1.54, 1.807) is 12.1 Å². The Bertz CT molecular complexity index is 2120. The maximum atomic E-state index is 9.79. The third kappa shape index (κ3) is 6.96. The number of hydrogen-bond acceptors (Lipinski definition) is 10.